The van der Waals surface area contributed by atoms with Crippen LogP contribution in [0.15, 0.2) is 34.5 Å². The fourth-order valence-corrected chi connectivity index (χ4v) is 2.71. The van der Waals surface area contributed by atoms with Crippen LogP contribution >= 0.6 is 11.6 Å². The molecular formula is C14H16ClN3O2. The molecule has 1 atom stereocenters. The fourth-order valence-electron chi connectivity index (χ4n) is 2.59. The normalized spacial score (nSPS) is 29.9. The second kappa shape index (κ2) is 3.80. The summed E-state index contributed by atoms with van der Waals surface area (Å²) in [6.07, 6.45) is 0. The molecule has 106 valence electrons. The zero-order valence-electron chi connectivity index (χ0n) is 11.8. The summed E-state index contributed by atoms with van der Waals surface area (Å²) in [7, 11) is 0. The second-order valence-electron chi connectivity index (χ2n) is 6.10. The fraction of sp³-hybridized carbons (Fsp3) is 0.500. The van der Waals surface area contributed by atoms with Gasteiger partial charge in [0.2, 0.25) is 5.91 Å². The van der Waals surface area contributed by atoms with Crippen LogP contribution < -0.4 is 4.90 Å². The highest BCUT2D eigenvalue weighted by molar-refractivity contribution is 6.30. The lowest BCUT2D eigenvalue weighted by Crippen LogP contribution is -2.76. The van der Waals surface area contributed by atoms with Crippen molar-refractivity contribution >= 4 is 23.2 Å². The monoisotopic (exact) mass is 293 g/mol. The highest BCUT2D eigenvalue weighted by Gasteiger charge is 2.72. The second-order valence-corrected chi connectivity index (χ2v) is 6.54. The summed E-state index contributed by atoms with van der Waals surface area (Å²) < 4.78 is 5.99. The lowest BCUT2D eigenvalue weighted by atomic mass is 9.75. The van der Waals surface area contributed by atoms with E-state index in [1.54, 1.807) is 29.2 Å². The Labute approximate surface area is 122 Å². The summed E-state index contributed by atoms with van der Waals surface area (Å²) >= 11 is 5.89. The summed E-state index contributed by atoms with van der Waals surface area (Å²) in [5.41, 5.74) is -0.776. The number of rotatable bonds is 1. The molecule has 1 fully saturated rings. The minimum atomic E-state index is -1.07. The number of carbonyl (C=O) groups excluding carboxylic acids is 1. The van der Waals surface area contributed by atoms with Crippen molar-refractivity contribution in [3.8, 4) is 0 Å². The smallest absolute Gasteiger partial charge is 0.280 e. The molecule has 3 rings (SSSR count). The molecule has 1 amide bonds. The van der Waals surface area contributed by atoms with Crippen LogP contribution in [-0.2, 0) is 9.53 Å². The number of anilines is 1. The van der Waals surface area contributed by atoms with Crippen LogP contribution in [0.5, 0.6) is 0 Å². The first-order valence-corrected chi connectivity index (χ1v) is 6.82. The number of amides is 1. The van der Waals surface area contributed by atoms with Crippen molar-refractivity contribution < 1.29 is 9.53 Å². The first kappa shape index (κ1) is 13.5. The van der Waals surface area contributed by atoms with E-state index in [2.05, 4.69) is 10.2 Å². The van der Waals surface area contributed by atoms with Gasteiger partial charge in [0.05, 0.1) is 0 Å². The van der Waals surface area contributed by atoms with E-state index >= 15 is 0 Å². The highest BCUT2D eigenvalue weighted by atomic mass is 35.5. The quantitative estimate of drug-likeness (QED) is 0.743. The Morgan fingerprint density at radius 3 is 2.20 bits per heavy atom. The first-order valence-electron chi connectivity index (χ1n) is 6.44. The van der Waals surface area contributed by atoms with Crippen LogP contribution in [0.25, 0.3) is 0 Å². The third-order valence-electron chi connectivity index (χ3n) is 3.76. The molecule has 2 aliphatic rings. The Balaban J connectivity index is 2.05. The lowest BCUT2D eigenvalue weighted by Gasteiger charge is -2.56. The van der Waals surface area contributed by atoms with Crippen molar-refractivity contribution in [2.24, 2.45) is 15.6 Å². The van der Waals surface area contributed by atoms with Gasteiger partial charge in [0.1, 0.15) is 5.41 Å². The maximum atomic E-state index is 12.5. The van der Waals surface area contributed by atoms with Gasteiger partial charge in [0.25, 0.3) is 5.85 Å². The van der Waals surface area contributed by atoms with Crippen molar-refractivity contribution in [1.29, 1.82) is 0 Å². The average molecular weight is 294 g/mol. The van der Waals surface area contributed by atoms with Gasteiger partial charge < -0.3 is 4.74 Å². The molecule has 2 heterocycles. The van der Waals surface area contributed by atoms with Crippen LogP contribution in [0.4, 0.5) is 5.69 Å². The van der Waals surface area contributed by atoms with E-state index < -0.39 is 17.0 Å². The summed E-state index contributed by atoms with van der Waals surface area (Å²) in [6.45, 7) is 7.29. The minimum absolute atomic E-state index is 0.0449. The Kier molecular flexibility index (Phi) is 2.57. The molecule has 1 spiro atoms. The van der Waals surface area contributed by atoms with Crippen molar-refractivity contribution in [2.75, 3.05) is 4.90 Å². The standard InChI is InChI=1S/C14H16ClN3O2/c1-12(2)11(19)18(10-7-5-9(15)6-8-10)14(12)17-16-13(3,4)20-14/h5-8H,1-4H3. The predicted molar refractivity (Wildman–Crippen MR) is 75.5 cm³/mol. The van der Waals surface area contributed by atoms with E-state index in [1.165, 1.54) is 0 Å². The van der Waals surface area contributed by atoms with Gasteiger partial charge in [0, 0.05) is 10.7 Å². The number of halogens is 1. The molecule has 1 aromatic rings. The van der Waals surface area contributed by atoms with E-state index in [9.17, 15) is 4.79 Å². The van der Waals surface area contributed by atoms with Gasteiger partial charge in [-0.25, -0.2) is 0 Å². The predicted octanol–water partition coefficient (Wildman–Crippen LogP) is 3.59. The van der Waals surface area contributed by atoms with Crippen molar-refractivity contribution in [3.05, 3.63) is 29.3 Å². The Bertz CT molecular complexity index is 609. The first-order chi connectivity index (χ1) is 9.20. The van der Waals surface area contributed by atoms with E-state index in [4.69, 9.17) is 16.3 Å². The number of hydrogen-bond donors (Lipinski definition) is 0. The van der Waals surface area contributed by atoms with Gasteiger partial charge in [-0.2, -0.15) is 5.11 Å². The topological polar surface area (TPSA) is 54.3 Å². The van der Waals surface area contributed by atoms with Gasteiger partial charge in [0.15, 0.2) is 5.72 Å². The number of azo groups is 1. The molecule has 1 saturated heterocycles. The summed E-state index contributed by atoms with van der Waals surface area (Å²) in [4.78, 5) is 14.0. The summed E-state index contributed by atoms with van der Waals surface area (Å²) in [6, 6.07) is 7.03. The molecule has 1 unspecified atom stereocenters. The third-order valence-corrected chi connectivity index (χ3v) is 4.01. The Morgan fingerprint density at radius 2 is 1.70 bits per heavy atom. The minimum Gasteiger partial charge on any atom is -0.305 e. The molecule has 0 bridgehead atoms. The molecular weight excluding hydrogens is 278 g/mol. The molecule has 20 heavy (non-hydrogen) atoms. The van der Waals surface area contributed by atoms with E-state index in [0.29, 0.717) is 10.7 Å². The van der Waals surface area contributed by atoms with E-state index in [-0.39, 0.29) is 5.91 Å². The zero-order chi connectivity index (χ0) is 14.8. The van der Waals surface area contributed by atoms with E-state index in [1.807, 2.05) is 27.7 Å². The number of hydrogen-bond acceptors (Lipinski definition) is 4. The molecule has 0 aromatic heterocycles. The van der Waals surface area contributed by atoms with Gasteiger partial charge in [-0.1, -0.05) is 11.6 Å². The van der Waals surface area contributed by atoms with Crippen molar-refractivity contribution in [3.63, 3.8) is 0 Å². The van der Waals surface area contributed by atoms with Gasteiger partial charge in [-0.05, 0) is 52.0 Å². The molecule has 2 aliphatic heterocycles. The molecule has 5 nitrogen and oxygen atoms in total. The van der Waals surface area contributed by atoms with Crippen LogP contribution in [0.1, 0.15) is 27.7 Å². The largest absolute Gasteiger partial charge is 0.305 e. The van der Waals surface area contributed by atoms with Crippen LogP contribution in [0, 0.1) is 5.41 Å². The number of ether oxygens (including phenoxy) is 1. The van der Waals surface area contributed by atoms with Gasteiger partial charge in [-0.15, -0.1) is 5.11 Å². The number of carbonyl (C=O) groups is 1. The zero-order valence-corrected chi connectivity index (χ0v) is 12.6. The maximum absolute atomic E-state index is 12.5. The van der Waals surface area contributed by atoms with Crippen molar-refractivity contribution in [2.45, 2.75) is 39.3 Å². The Morgan fingerprint density at radius 1 is 1.10 bits per heavy atom. The molecule has 0 N–H and O–H groups in total. The number of β-lactam (4-membered cyclic amide) rings is 1. The van der Waals surface area contributed by atoms with E-state index in [0.717, 1.165) is 0 Å². The van der Waals surface area contributed by atoms with Gasteiger partial charge in [-0.3, -0.25) is 9.69 Å². The molecule has 6 heteroatoms. The summed E-state index contributed by atoms with van der Waals surface area (Å²) in [5, 5.41) is 9.05. The Hall–Kier alpha value is -1.46. The lowest BCUT2D eigenvalue weighted by molar-refractivity contribution is -0.202. The number of benzene rings is 1. The highest BCUT2D eigenvalue weighted by Crippen LogP contribution is 2.56. The molecule has 0 aliphatic carbocycles. The molecule has 0 saturated carbocycles. The maximum Gasteiger partial charge on any atom is 0.280 e. The van der Waals surface area contributed by atoms with Crippen LogP contribution in [0.2, 0.25) is 5.02 Å². The summed E-state index contributed by atoms with van der Waals surface area (Å²) in [5.74, 6) is -1.11. The SMILES string of the molecule is CC1(C)N=NC2(O1)N(c1ccc(Cl)cc1)C(=O)C2(C)C. The van der Waals surface area contributed by atoms with Crippen LogP contribution in [0.3, 0.4) is 0 Å². The van der Waals surface area contributed by atoms with Crippen LogP contribution in [-0.4, -0.2) is 17.5 Å². The molecule has 1 aromatic carbocycles. The number of nitrogens with zero attached hydrogens (tertiary/aromatic N) is 3. The average Bonchev–Trinajstić information content (AvgIpc) is 2.71. The third kappa shape index (κ3) is 1.56. The van der Waals surface area contributed by atoms with Gasteiger partial charge >= 0.3 is 0 Å². The van der Waals surface area contributed by atoms with Crippen molar-refractivity contribution in [1.82, 2.24) is 0 Å². The molecule has 0 radical (unpaired) electrons.